The molecule has 1 aromatic heterocycles. The smallest absolute Gasteiger partial charge is 0.0541 e. The van der Waals surface area contributed by atoms with Crippen LogP contribution in [0.2, 0.25) is 0 Å². The summed E-state index contributed by atoms with van der Waals surface area (Å²) in [5.74, 6) is 0. The van der Waals surface area contributed by atoms with Gasteiger partial charge in [-0.2, -0.15) is 0 Å². The zero-order valence-corrected chi connectivity index (χ0v) is 29.0. The maximum Gasteiger partial charge on any atom is 0.0541 e. The van der Waals surface area contributed by atoms with E-state index in [0.717, 1.165) is 5.69 Å². The van der Waals surface area contributed by atoms with E-state index in [1.807, 2.05) is 0 Å². The molecular weight excluding hydrogens is 639 g/mol. The predicted octanol–water partition coefficient (Wildman–Crippen LogP) is 14.4. The van der Waals surface area contributed by atoms with E-state index < -0.39 is 0 Å². The van der Waals surface area contributed by atoms with E-state index in [1.54, 1.807) is 0 Å². The van der Waals surface area contributed by atoms with Gasteiger partial charge in [0.25, 0.3) is 0 Å². The fraction of sp³-hybridized carbons (Fsp3) is 0. The highest BCUT2D eigenvalue weighted by molar-refractivity contribution is 6.37. The van der Waals surface area contributed by atoms with Crippen molar-refractivity contribution in [2.24, 2.45) is 0 Å². The number of rotatable bonds is 4. The molecule has 0 amide bonds. The van der Waals surface area contributed by atoms with E-state index in [1.165, 1.54) is 98.3 Å². The van der Waals surface area contributed by atoms with Gasteiger partial charge in [0.2, 0.25) is 0 Å². The lowest BCUT2D eigenvalue weighted by Gasteiger charge is -2.23. The second-order valence-corrected chi connectivity index (χ2v) is 14.0. The van der Waals surface area contributed by atoms with Gasteiger partial charge in [-0.25, -0.2) is 0 Å². The van der Waals surface area contributed by atoms with Gasteiger partial charge in [-0.1, -0.05) is 176 Å². The van der Waals surface area contributed by atoms with Crippen molar-refractivity contribution in [3.05, 3.63) is 200 Å². The third-order valence-electron chi connectivity index (χ3n) is 11.2. The van der Waals surface area contributed by atoms with Gasteiger partial charge < -0.3 is 4.57 Å². The van der Waals surface area contributed by atoms with Crippen LogP contribution in [0, 0.1) is 0 Å². The van der Waals surface area contributed by atoms with Crippen molar-refractivity contribution in [1.29, 1.82) is 0 Å². The molecule has 0 saturated carbocycles. The summed E-state index contributed by atoms with van der Waals surface area (Å²) < 4.78 is 2.40. The maximum atomic E-state index is 2.40. The monoisotopic (exact) mass is 671 g/mol. The summed E-state index contributed by atoms with van der Waals surface area (Å²) in [6.07, 6.45) is 0. The molecule has 53 heavy (non-hydrogen) atoms. The van der Waals surface area contributed by atoms with E-state index in [2.05, 4.69) is 205 Å². The van der Waals surface area contributed by atoms with E-state index in [0.29, 0.717) is 0 Å². The van der Waals surface area contributed by atoms with E-state index in [-0.39, 0.29) is 0 Å². The first-order valence-corrected chi connectivity index (χ1v) is 18.4. The van der Waals surface area contributed by atoms with Crippen molar-refractivity contribution in [2.45, 2.75) is 0 Å². The molecule has 1 heteroatoms. The van der Waals surface area contributed by atoms with E-state index in [9.17, 15) is 0 Å². The fourth-order valence-corrected chi connectivity index (χ4v) is 8.98. The highest BCUT2D eigenvalue weighted by Crippen LogP contribution is 2.51. The van der Waals surface area contributed by atoms with Crippen LogP contribution in [-0.4, -0.2) is 4.57 Å². The van der Waals surface area contributed by atoms with Crippen LogP contribution in [0.1, 0.15) is 0 Å². The first kappa shape index (κ1) is 29.7. The normalized spacial score (nSPS) is 11.8. The molecule has 0 bridgehead atoms. The molecule has 0 unspecified atom stereocenters. The molecule has 0 radical (unpaired) electrons. The molecule has 0 aliphatic heterocycles. The molecule has 0 saturated heterocycles. The molecule has 0 fully saturated rings. The molecule has 11 aromatic rings. The third-order valence-corrected chi connectivity index (χ3v) is 11.2. The van der Waals surface area contributed by atoms with Crippen LogP contribution in [0.5, 0.6) is 0 Å². The van der Waals surface area contributed by atoms with Gasteiger partial charge in [0, 0.05) is 16.5 Å². The van der Waals surface area contributed by atoms with Crippen LogP contribution < -0.4 is 0 Å². The third kappa shape index (κ3) is 4.44. The van der Waals surface area contributed by atoms with Gasteiger partial charge in [0.15, 0.2) is 0 Å². The number of aromatic nitrogens is 1. The zero-order chi connectivity index (χ0) is 34.9. The lowest BCUT2D eigenvalue weighted by atomic mass is 9.80. The summed E-state index contributed by atoms with van der Waals surface area (Å²) >= 11 is 0. The van der Waals surface area contributed by atoms with Crippen molar-refractivity contribution in [3.63, 3.8) is 0 Å². The highest BCUT2D eigenvalue weighted by Gasteiger charge is 2.23. The minimum Gasteiger partial charge on any atom is -0.309 e. The largest absolute Gasteiger partial charge is 0.309 e. The summed E-state index contributed by atoms with van der Waals surface area (Å²) in [6.45, 7) is 0. The molecule has 0 spiro atoms. The molecule has 246 valence electrons. The number of nitrogens with zero attached hydrogens (tertiary/aromatic N) is 1. The average Bonchev–Trinajstić information content (AvgIpc) is 3.58. The van der Waals surface area contributed by atoms with Gasteiger partial charge in [-0.15, -0.1) is 0 Å². The van der Waals surface area contributed by atoms with Crippen molar-refractivity contribution in [3.8, 4) is 39.1 Å². The van der Waals surface area contributed by atoms with E-state index in [4.69, 9.17) is 0 Å². The topological polar surface area (TPSA) is 4.93 Å². The second-order valence-electron chi connectivity index (χ2n) is 14.0. The molecule has 0 aliphatic carbocycles. The minimum absolute atomic E-state index is 1.16. The standard InChI is InChI=1S/C52H33N/c1-2-16-34(17-3-1)37-18-4-7-23-42(37)50-46-27-11-10-26-45(46)49(51-43-24-8-5-19-38(43)39-20-6-9-25-44(39)52(50)51)35-30-32-36(33-31-35)53-47-28-14-12-21-40(47)41-22-13-15-29-48(41)53/h1-33H. The summed E-state index contributed by atoms with van der Waals surface area (Å²) in [5.41, 5.74) is 11.0. The Labute approximate surface area is 307 Å². The number of fused-ring (bicyclic) bond motifs is 10. The van der Waals surface area contributed by atoms with Crippen LogP contribution >= 0.6 is 0 Å². The first-order valence-electron chi connectivity index (χ1n) is 18.4. The molecule has 1 heterocycles. The van der Waals surface area contributed by atoms with Gasteiger partial charge in [0.05, 0.1) is 11.0 Å². The van der Waals surface area contributed by atoms with Gasteiger partial charge in [-0.3, -0.25) is 0 Å². The molecule has 10 aromatic carbocycles. The Balaban J connectivity index is 1.28. The van der Waals surface area contributed by atoms with Crippen LogP contribution in [0.4, 0.5) is 0 Å². The summed E-state index contributed by atoms with van der Waals surface area (Å²) in [4.78, 5) is 0. The first-order chi connectivity index (χ1) is 26.3. The van der Waals surface area contributed by atoms with Gasteiger partial charge >= 0.3 is 0 Å². The minimum atomic E-state index is 1.16. The quantitative estimate of drug-likeness (QED) is 0.130. The van der Waals surface area contributed by atoms with Crippen LogP contribution in [0.3, 0.4) is 0 Å². The lowest BCUT2D eigenvalue weighted by Crippen LogP contribution is -1.96. The Morgan fingerprint density at radius 1 is 0.245 bits per heavy atom. The Hall–Kier alpha value is -6.96. The second kappa shape index (κ2) is 11.8. The summed E-state index contributed by atoms with van der Waals surface area (Å²) in [5, 5.41) is 12.7. The molecule has 11 rings (SSSR count). The number of benzene rings is 10. The van der Waals surface area contributed by atoms with Crippen LogP contribution in [0.25, 0.3) is 104 Å². The maximum absolute atomic E-state index is 2.40. The fourth-order valence-electron chi connectivity index (χ4n) is 8.98. The molecule has 0 atom stereocenters. The van der Waals surface area contributed by atoms with Crippen molar-refractivity contribution in [2.75, 3.05) is 0 Å². The Bertz CT molecular complexity index is 3150. The van der Waals surface area contributed by atoms with Crippen LogP contribution in [0.15, 0.2) is 200 Å². The zero-order valence-electron chi connectivity index (χ0n) is 29.0. The molecule has 0 aliphatic rings. The highest BCUT2D eigenvalue weighted by atomic mass is 15.0. The number of para-hydroxylation sites is 2. The van der Waals surface area contributed by atoms with E-state index >= 15 is 0 Å². The summed E-state index contributed by atoms with van der Waals surface area (Å²) in [6, 6.07) is 73.5. The van der Waals surface area contributed by atoms with Gasteiger partial charge in [-0.05, 0) is 101 Å². The van der Waals surface area contributed by atoms with Crippen molar-refractivity contribution < 1.29 is 0 Å². The Morgan fingerprint density at radius 3 is 1.25 bits per heavy atom. The van der Waals surface area contributed by atoms with Crippen LogP contribution in [-0.2, 0) is 0 Å². The number of hydrogen-bond acceptors (Lipinski definition) is 0. The number of hydrogen-bond donors (Lipinski definition) is 0. The predicted molar refractivity (Wildman–Crippen MR) is 227 cm³/mol. The Morgan fingerprint density at radius 2 is 0.660 bits per heavy atom. The lowest BCUT2D eigenvalue weighted by molar-refractivity contribution is 1.18. The summed E-state index contributed by atoms with van der Waals surface area (Å²) in [7, 11) is 0. The van der Waals surface area contributed by atoms with Crippen molar-refractivity contribution in [1.82, 2.24) is 4.57 Å². The van der Waals surface area contributed by atoms with Crippen molar-refractivity contribution >= 4 is 64.9 Å². The van der Waals surface area contributed by atoms with Gasteiger partial charge in [0.1, 0.15) is 0 Å². The SMILES string of the molecule is c1ccc(-c2ccccc2-c2c3ccccc3c(-c3ccc(-n4c5ccccc5c5ccccc54)cc3)c3c4ccccc4c4ccccc4c23)cc1. The molecular formula is C52H33N. The molecule has 1 nitrogen and oxygen atoms in total. The molecule has 0 N–H and O–H groups in total. The average molecular weight is 672 g/mol. The Kier molecular flexibility index (Phi) is 6.62.